The van der Waals surface area contributed by atoms with Crippen LogP contribution in [0.2, 0.25) is 0 Å². The molecule has 0 bridgehead atoms. The quantitative estimate of drug-likeness (QED) is 0.0211. The number of allylic oxidation sites excluding steroid dienone is 18. The Bertz CT molecular complexity index is 1850. The summed E-state index contributed by atoms with van der Waals surface area (Å²) in [5.41, 5.74) is 0. The molecular weight excluding hydrogens is 1110 g/mol. The van der Waals surface area contributed by atoms with E-state index < -0.39 is 26.5 Å². The number of ether oxygens (including phenoxy) is 2. The summed E-state index contributed by atoms with van der Waals surface area (Å²) in [5, 5.41) is 0. The van der Waals surface area contributed by atoms with Gasteiger partial charge in [-0.1, -0.05) is 316 Å². The minimum absolute atomic E-state index is 0.0221. The van der Waals surface area contributed by atoms with Crippen molar-refractivity contribution in [1.29, 1.82) is 0 Å². The lowest BCUT2D eigenvalue weighted by Crippen LogP contribution is -2.37. The molecule has 0 aromatic rings. The summed E-state index contributed by atoms with van der Waals surface area (Å²) in [7, 11) is 1.46. The van der Waals surface area contributed by atoms with Crippen molar-refractivity contribution in [1.82, 2.24) is 0 Å². The number of hydrogen-bond donors (Lipinski definition) is 1. The fraction of sp³-hybridized carbons (Fsp3) is 0.744. The van der Waals surface area contributed by atoms with Gasteiger partial charge in [-0.05, 0) is 103 Å². The Morgan fingerprint density at radius 1 is 0.364 bits per heavy atom. The zero-order chi connectivity index (χ0) is 64.1. The third-order valence-electron chi connectivity index (χ3n) is 15.8. The summed E-state index contributed by atoms with van der Waals surface area (Å²) in [4.78, 5) is 35.9. The van der Waals surface area contributed by atoms with Gasteiger partial charge in [-0.2, -0.15) is 0 Å². The number of nitrogens with zero attached hydrogens (tertiary/aromatic N) is 1. The van der Waals surface area contributed by atoms with Crippen molar-refractivity contribution in [2.45, 2.75) is 328 Å². The second-order valence-corrected chi connectivity index (χ2v) is 27.0. The van der Waals surface area contributed by atoms with Gasteiger partial charge >= 0.3 is 19.8 Å². The number of esters is 2. The van der Waals surface area contributed by atoms with Gasteiger partial charge in [0, 0.05) is 12.8 Å². The third-order valence-corrected chi connectivity index (χ3v) is 16.8. The second kappa shape index (κ2) is 68.0. The molecule has 2 unspecified atom stereocenters. The van der Waals surface area contributed by atoms with Crippen molar-refractivity contribution >= 4 is 19.8 Å². The van der Waals surface area contributed by atoms with Crippen LogP contribution < -0.4 is 0 Å². The molecule has 88 heavy (non-hydrogen) atoms. The third kappa shape index (κ3) is 71.7. The summed E-state index contributed by atoms with van der Waals surface area (Å²) in [6.45, 7) is 4.32. The molecule has 0 aliphatic rings. The summed E-state index contributed by atoms with van der Waals surface area (Å²) in [6, 6.07) is 0. The summed E-state index contributed by atoms with van der Waals surface area (Å²) >= 11 is 0. The molecule has 2 atom stereocenters. The van der Waals surface area contributed by atoms with Crippen molar-refractivity contribution in [3.63, 3.8) is 0 Å². The fourth-order valence-corrected chi connectivity index (χ4v) is 10.9. The first kappa shape index (κ1) is 84.7. The Hall–Kier alpha value is -3.33. The van der Waals surface area contributed by atoms with Crippen LogP contribution in [0.25, 0.3) is 0 Å². The Kier molecular flexibility index (Phi) is 65.5. The van der Waals surface area contributed by atoms with Gasteiger partial charge < -0.3 is 18.9 Å². The molecule has 0 spiro atoms. The van der Waals surface area contributed by atoms with E-state index in [2.05, 4.69) is 123 Å². The minimum atomic E-state index is -4.41. The number of phosphoric ester groups is 1. The highest BCUT2D eigenvalue weighted by atomic mass is 31.2. The van der Waals surface area contributed by atoms with E-state index >= 15 is 0 Å². The molecule has 0 heterocycles. The van der Waals surface area contributed by atoms with E-state index in [0.717, 1.165) is 96.3 Å². The second-order valence-electron chi connectivity index (χ2n) is 25.6. The number of hydrogen-bond acceptors (Lipinski definition) is 7. The molecule has 0 rings (SSSR count). The van der Waals surface area contributed by atoms with Gasteiger partial charge in [0.1, 0.15) is 19.8 Å². The Morgan fingerprint density at radius 2 is 0.648 bits per heavy atom. The summed E-state index contributed by atoms with van der Waals surface area (Å²) in [6.07, 6.45) is 96.4. The Labute approximate surface area is 544 Å². The predicted octanol–water partition coefficient (Wildman–Crippen LogP) is 24.1. The standard InChI is InChI=1S/C78H138NO8P/c1-6-8-10-12-14-16-18-20-22-24-26-28-30-32-34-36-37-38-39-40-41-43-44-46-48-50-52-54-56-58-60-62-64-66-68-70-77(80)84-74-76(75-86-88(82,83)85-73-72-79(3,4)5)87-78(81)71-69-67-65-63-61-59-57-55-53-51-49-47-45-42-35-33-31-29-27-25-23-21-19-17-15-13-11-9-7-2/h9,11,15,17,21,23-24,26-27,29,33,35,45,47,51,53,57,59,76H,6-8,10,12-14,16,18-20,22,25,28,30-32,34,36-44,46,48-50,52,54-56,58,60-75H2,1-5H3/p+1/b11-9-,17-15-,23-21-,26-24-,29-27-,35-33-,47-45-,53-51-,59-57-. The first-order chi connectivity index (χ1) is 43.0. The molecule has 10 heteroatoms. The van der Waals surface area contributed by atoms with Crippen LogP contribution in [0.15, 0.2) is 109 Å². The number of phosphoric acid groups is 1. The normalized spacial score (nSPS) is 13.8. The van der Waals surface area contributed by atoms with Crippen LogP contribution in [0.1, 0.15) is 322 Å². The number of quaternary nitrogens is 1. The molecule has 1 N–H and O–H groups in total. The van der Waals surface area contributed by atoms with Crippen molar-refractivity contribution < 1.29 is 42.1 Å². The highest BCUT2D eigenvalue weighted by Gasteiger charge is 2.27. The maximum absolute atomic E-state index is 12.9. The zero-order valence-electron chi connectivity index (χ0n) is 57.9. The molecule has 0 saturated heterocycles. The molecule has 0 amide bonds. The monoisotopic (exact) mass is 1250 g/mol. The lowest BCUT2D eigenvalue weighted by molar-refractivity contribution is -0.870. The zero-order valence-corrected chi connectivity index (χ0v) is 58.8. The number of carbonyl (C=O) groups excluding carboxylic acids is 2. The van der Waals surface area contributed by atoms with Crippen molar-refractivity contribution in [3.8, 4) is 0 Å². The first-order valence-corrected chi connectivity index (χ1v) is 38.1. The van der Waals surface area contributed by atoms with Gasteiger partial charge in [0.05, 0.1) is 27.7 Å². The maximum Gasteiger partial charge on any atom is 0.472 e. The van der Waals surface area contributed by atoms with Gasteiger partial charge in [0.25, 0.3) is 0 Å². The van der Waals surface area contributed by atoms with E-state index in [4.69, 9.17) is 18.5 Å². The lowest BCUT2D eigenvalue weighted by Gasteiger charge is -2.24. The van der Waals surface area contributed by atoms with Gasteiger partial charge in [-0.15, -0.1) is 0 Å². The van der Waals surface area contributed by atoms with Crippen molar-refractivity contribution in [2.75, 3.05) is 47.5 Å². The maximum atomic E-state index is 12.9. The van der Waals surface area contributed by atoms with E-state index in [0.29, 0.717) is 17.4 Å². The lowest BCUT2D eigenvalue weighted by atomic mass is 10.0. The van der Waals surface area contributed by atoms with E-state index in [1.807, 2.05) is 21.1 Å². The van der Waals surface area contributed by atoms with Crippen LogP contribution in [0.5, 0.6) is 0 Å². The largest absolute Gasteiger partial charge is 0.472 e. The molecule has 0 aromatic heterocycles. The molecule has 0 aromatic carbocycles. The molecule has 508 valence electrons. The Morgan fingerprint density at radius 3 is 0.977 bits per heavy atom. The summed E-state index contributed by atoms with van der Waals surface area (Å²) in [5.74, 6) is -0.822. The van der Waals surface area contributed by atoms with Crippen LogP contribution in [0, 0.1) is 0 Å². The number of likely N-dealkylation sites (N-methyl/N-ethyl adjacent to an activating group) is 1. The van der Waals surface area contributed by atoms with E-state index in [1.165, 1.54) is 193 Å². The van der Waals surface area contributed by atoms with Crippen LogP contribution in [0.4, 0.5) is 0 Å². The number of rotatable bonds is 67. The van der Waals surface area contributed by atoms with E-state index in [9.17, 15) is 19.0 Å². The van der Waals surface area contributed by atoms with Gasteiger partial charge in [0.15, 0.2) is 6.10 Å². The van der Waals surface area contributed by atoms with Gasteiger partial charge in [0.2, 0.25) is 0 Å². The van der Waals surface area contributed by atoms with E-state index in [1.54, 1.807) is 0 Å². The van der Waals surface area contributed by atoms with Gasteiger partial charge in [-0.25, -0.2) is 4.57 Å². The van der Waals surface area contributed by atoms with Crippen LogP contribution in [-0.4, -0.2) is 74.9 Å². The van der Waals surface area contributed by atoms with Crippen molar-refractivity contribution in [2.24, 2.45) is 0 Å². The van der Waals surface area contributed by atoms with Crippen LogP contribution >= 0.6 is 7.82 Å². The number of carbonyl (C=O) groups is 2. The first-order valence-electron chi connectivity index (χ1n) is 36.6. The van der Waals surface area contributed by atoms with Crippen LogP contribution in [-0.2, 0) is 32.7 Å². The molecule has 0 fully saturated rings. The molecular formula is C78H139NO8P+. The summed E-state index contributed by atoms with van der Waals surface area (Å²) < 4.78 is 34.7. The topological polar surface area (TPSA) is 108 Å². The smallest absolute Gasteiger partial charge is 0.462 e. The molecule has 0 aliphatic carbocycles. The molecule has 0 saturated carbocycles. The number of unbranched alkanes of at least 4 members (excludes halogenated alkanes) is 35. The van der Waals surface area contributed by atoms with E-state index in [-0.39, 0.29) is 32.0 Å². The minimum Gasteiger partial charge on any atom is -0.462 e. The highest BCUT2D eigenvalue weighted by Crippen LogP contribution is 2.43. The highest BCUT2D eigenvalue weighted by molar-refractivity contribution is 7.47. The average molecular weight is 1250 g/mol. The van der Waals surface area contributed by atoms with Gasteiger partial charge in [-0.3, -0.25) is 18.6 Å². The molecule has 9 nitrogen and oxygen atoms in total. The Balaban J connectivity index is 4.06. The van der Waals surface area contributed by atoms with Crippen molar-refractivity contribution in [3.05, 3.63) is 109 Å². The average Bonchev–Trinajstić information content (AvgIpc) is 3.68. The SMILES string of the molecule is CC/C=C\C/C=C\C/C=C\C/C=C\C/C=C\C/C=C\C/C=C\C/C=C\CCCCCCC(=O)OC(COC(=O)CCCCCCCCCCCCCCCCCCCCCCCCC/C=C\CCCCCCCCCC)COP(=O)(O)OCC[N+](C)(C)C. The van der Waals surface area contributed by atoms with Crippen LogP contribution in [0.3, 0.4) is 0 Å². The predicted molar refractivity (Wildman–Crippen MR) is 381 cm³/mol. The molecule has 0 radical (unpaired) electrons. The molecule has 0 aliphatic heterocycles. The fourth-order valence-electron chi connectivity index (χ4n) is 10.2.